The predicted molar refractivity (Wildman–Crippen MR) is 99.7 cm³/mol. The number of aromatic nitrogens is 2. The third kappa shape index (κ3) is 3.26. The first-order valence-corrected chi connectivity index (χ1v) is 9.52. The van der Waals surface area contributed by atoms with E-state index in [0.29, 0.717) is 10.2 Å². The summed E-state index contributed by atoms with van der Waals surface area (Å²) in [7, 11) is 0. The molecule has 1 aliphatic carbocycles. The molecule has 1 N–H and O–H groups in total. The van der Waals surface area contributed by atoms with Crippen LogP contribution in [0.2, 0.25) is 0 Å². The molecule has 0 aliphatic heterocycles. The Kier molecular flexibility index (Phi) is 4.55. The van der Waals surface area contributed by atoms with E-state index in [0.717, 1.165) is 36.8 Å². The van der Waals surface area contributed by atoms with Crippen molar-refractivity contribution < 1.29 is 9.18 Å². The van der Waals surface area contributed by atoms with Crippen LogP contribution in [-0.2, 0) is 11.3 Å². The third-order valence-corrected chi connectivity index (χ3v) is 5.69. The fourth-order valence-corrected chi connectivity index (χ4v) is 4.36. The van der Waals surface area contributed by atoms with Crippen LogP contribution >= 0.6 is 11.3 Å². The number of carbonyl (C=O) groups excluding carboxylic acids is 1. The van der Waals surface area contributed by atoms with E-state index in [9.17, 15) is 14.0 Å². The average Bonchev–Trinajstić information content (AvgIpc) is 3.28. The lowest BCUT2D eigenvalue weighted by atomic mass is 10.1. The average molecular weight is 371 g/mol. The molecule has 1 aliphatic rings. The van der Waals surface area contributed by atoms with Crippen LogP contribution < -0.4 is 10.9 Å². The largest absolute Gasteiger partial charge is 0.352 e. The van der Waals surface area contributed by atoms with E-state index < -0.39 is 0 Å². The number of fused-ring (bicyclic) bond motifs is 1. The number of hydrogen-bond acceptors (Lipinski definition) is 4. The summed E-state index contributed by atoms with van der Waals surface area (Å²) in [6.45, 7) is -0.0257. The molecule has 7 heteroatoms. The van der Waals surface area contributed by atoms with Gasteiger partial charge in [-0.1, -0.05) is 25.0 Å². The lowest BCUT2D eigenvalue weighted by molar-refractivity contribution is -0.122. The summed E-state index contributed by atoms with van der Waals surface area (Å²) in [6.07, 6.45) is 5.70. The van der Waals surface area contributed by atoms with Gasteiger partial charge in [0.25, 0.3) is 5.56 Å². The number of nitrogens with zero attached hydrogens (tertiary/aromatic N) is 2. The van der Waals surface area contributed by atoms with E-state index in [-0.39, 0.29) is 29.9 Å². The van der Waals surface area contributed by atoms with Crippen molar-refractivity contribution >= 4 is 27.5 Å². The van der Waals surface area contributed by atoms with E-state index in [2.05, 4.69) is 10.3 Å². The third-order valence-electron chi connectivity index (χ3n) is 4.74. The molecule has 1 saturated carbocycles. The highest BCUT2D eigenvalue weighted by Crippen LogP contribution is 2.30. The highest BCUT2D eigenvalue weighted by molar-refractivity contribution is 7.17. The maximum atomic E-state index is 13.1. The van der Waals surface area contributed by atoms with Crippen LogP contribution in [0.15, 0.2) is 40.8 Å². The van der Waals surface area contributed by atoms with Crippen molar-refractivity contribution in [2.24, 2.45) is 0 Å². The Hall–Kier alpha value is -2.54. The standard InChI is InChI=1S/C19H18FN3O2S/c20-13-7-5-12(6-8-13)15-10-26-18-17(15)21-11-23(19(18)25)9-16(24)22-14-3-1-2-4-14/h5-8,10-11,14H,1-4,9H2,(H,22,24). The van der Waals surface area contributed by atoms with Gasteiger partial charge in [0.05, 0.1) is 11.8 Å². The number of carbonyl (C=O) groups is 1. The van der Waals surface area contributed by atoms with Gasteiger partial charge in [0.15, 0.2) is 0 Å². The molecule has 0 unspecified atom stereocenters. The molecular weight excluding hydrogens is 353 g/mol. The molecule has 1 aromatic carbocycles. The number of rotatable bonds is 4. The molecule has 0 atom stereocenters. The van der Waals surface area contributed by atoms with Crippen molar-refractivity contribution in [3.8, 4) is 11.1 Å². The molecule has 0 spiro atoms. The number of halogens is 1. The minimum Gasteiger partial charge on any atom is -0.352 e. The van der Waals surface area contributed by atoms with Gasteiger partial charge in [-0.15, -0.1) is 11.3 Å². The highest BCUT2D eigenvalue weighted by atomic mass is 32.1. The quantitative estimate of drug-likeness (QED) is 0.765. The molecule has 1 fully saturated rings. The summed E-state index contributed by atoms with van der Waals surface area (Å²) < 4.78 is 15.0. The fraction of sp³-hybridized carbons (Fsp3) is 0.316. The highest BCUT2D eigenvalue weighted by Gasteiger charge is 2.18. The van der Waals surface area contributed by atoms with Crippen molar-refractivity contribution in [3.63, 3.8) is 0 Å². The zero-order chi connectivity index (χ0) is 18.1. The Labute approximate surface area is 153 Å². The molecule has 3 aromatic rings. The molecule has 2 aromatic heterocycles. The minimum absolute atomic E-state index is 0.0257. The monoisotopic (exact) mass is 371 g/mol. The van der Waals surface area contributed by atoms with Crippen LogP contribution in [0.4, 0.5) is 4.39 Å². The molecule has 0 radical (unpaired) electrons. The predicted octanol–water partition coefficient (Wildman–Crippen LogP) is 3.32. The van der Waals surface area contributed by atoms with Gasteiger partial charge in [-0.25, -0.2) is 9.37 Å². The summed E-state index contributed by atoms with van der Waals surface area (Å²) >= 11 is 1.29. The van der Waals surface area contributed by atoms with Crippen LogP contribution in [-0.4, -0.2) is 21.5 Å². The van der Waals surface area contributed by atoms with Gasteiger partial charge < -0.3 is 5.32 Å². The van der Waals surface area contributed by atoms with Crippen LogP contribution in [0.3, 0.4) is 0 Å². The number of benzene rings is 1. The summed E-state index contributed by atoms with van der Waals surface area (Å²) in [5.41, 5.74) is 1.96. The topological polar surface area (TPSA) is 64.0 Å². The van der Waals surface area contributed by atoms with Crippen molar-refractivity contribution in [1.29, 1.82) is 0 Å². The SMILES string of the molecule is O=C(Cn1cnc2c(-c3ccc(F)cc3)csc2c1=O)NC1CCCC1. The van der Waals surface area contributed by atoms with Crippen molar-refractivity contribution in [3.05, 3.63) is 52.1 Å². The van der Waals surface area contributed by atoms with Crippen LogP contribution in [0, 0.1) is 5.82 Å². The smallest absolute Gasteiger partial charge is 0.271 e. The molecule has 26 heavy (non-hydrogen) atoms. The number of thiophene rings is 1. The lowest BCUT2D eigenvalue weighted by Crippen LogP contribution is -2.37. The van der Waals surface area contributed by atoms with Gasteiger partial charge in [0.2, 0.25) is 5.91 Å². The summed E-state index contributed by atoms with van der Waals surface area (Å²) in [4.78, 5) is 29.3. The first-order chi connectivity index (χ1) is 12.6. The second-order valence-corrected chi connectivity index (χ2v) is 7.44. The van der Waals surface area contributed by atoms with Gasteiger partial charge in [-0.2, -0.15) is 0 Å². The zero-order valence-corrected chi connectivity index (χ0v) is 14.9. The molecule has 0 saturated heterocycles. The van der Waals surface area contributed by atoms with Crippen molar-refractivity contribution in [2.45, 2.75) is 38.3 Å². The number of amides is 1. The van der Waals surface area contributed by atoms with E-state index in [1.165, 1.54) is 34.4 Å². The molecule has 0 bridgehead atoms. The molecular formula is C19H18FN3O2S. The van der Waals surface area contributed by atoms with Gasteiger partial charge >= 0.3 is 0 Å². The van der Waals surface area contributed by atoms with Gasteiger partial charge in [0.1, 0.15) is 17.1 Å². The molecule has 5 nitrogen and oxygen atoms in total. The first-order valence-electron chi connectivity index (χ1n) is 8.64. The van der Waals surface area contributed by atoms with Crippen LogP contribution in [0.25, 0.3) is 21.3 Å². The first kappa shape index (κ1) is 16.9. The molecule has 4 rings (SSSR count). The summed E-state index contributed by atoms with van der Waals surface area (Å²) in [5, 5.41) is 4.82. The second-order valence-electron chi connectivity index (χ2n) is 6.56. The zero-order valence-electron chi connectivity index (χ0n) is 14.1. The Morgan fingerprint density at radius 3 is 2.73 bits per heavy atom. The summed E-state index contributed by atoms with van der Waals surface area (Å²) in [6, 6.07) is 6.32. The van der Waals surface area contributed by atoms with Gasteiger partial charge in [0, 0.05) is 17.0 Å². The number of nitrogens with one attached hydrogen (secondary N) is 1. The van der Waals surface area contributed by atoms with Crippen molar-refractivity contribution in [1.82, 2.24) is 14.9 Å². The second kappa shape index (κ2) is 6.99. The minimum atomic E-state index is -0.308. The Morgan fingerprint density at radius 2 is 2.00 bits per heavy atom. The fourth-order valence-electron chi connectivity index (χ4n) is 3.39. The van der Waals surface area contributed by atoms with Gasteiger partial charge in [-0.3, -0.25) is 14.2 Å². The van der Waals surface area contributed by atoms with E-state index >= 15 is 0 Å². The summed E-state index contributed by atoms with van der Waals surface area (Å²) in [5.74, 6) is -0.465. The Bertz CT molecular complexity index is 1000. The van der Waals surface area contributed by atoms with E-state index in [1.54, 1.807) is 12.1 Å². The Morgan fingerprint density at radius 1 is 1.27 bits per heavy atom. The maximum Gasteiger partial charge on any atom is 0.271 e. The van der Waals surface area contributed by atoms with Gasteiger partial charge in [-0.05, 0) is 30.5 Å². The normalized spacial score (nSPS) is 14.8. The van der Waals surface area contributed by atoms with Crippen LogP contribution in [0.1, 0.15) is 25.7 Å². The van der Waals surface area contributed by atoms with E-state index in [1.807, 2.05) is 5.38 Å². The lowest BCUT2D eigenvalue weighted by Gasteiger charge is -2.12. The Balaban J connectivity index is 1.60. The molecule has 134 valence electrons. The van der Waals surface area contributed by atoms with Crippen LogP contribution in [0.5, 0.6) is 0 Å². The number of hydrogen-bond donors (Lipinski definition) is 1. The van der Waals surface area contributed by atoms with E-state index in [4.69, 9.17) is 0 Å². The molecule has 1 amide bonds. The maximum absolute atomic E-state index is 13.1. The van der Waals surface area contributed by atoms with Crippen molar-refractivity contribution in [2.75, 3.05) is 0 Å². The molecule has 2 heterocycles.